The highest BCUT2D eigenvalue weighted by Gasteiger charge is 2.39. The van der Waals surface area contributed by atoms with Crippen LogP contribution in [0.5, 0.6) is 0 Å². The topological polar surface area (TPSA) is 62.6 Å². The third-order valence-electron chi connectivity index (χ3n) is 3.55. The van der Waals surface area contributed by atoms with Crippen LogP contribution in [0.2, 0.25) is 0 Å². The SMILES string of the molecule is CCCCN(C1CC1)S(=O)(=O)c1cc(CNC)oc1C. The lowest BCUT2D eigenvalue weighted by Gasteiger charge is -2.21. The van der Waals surface area contributed by atoms with Crippen molar-refractivity contribution in [3.8, 4) is 0 Å². The lowest BCUT2D eigenvalue weighted by Crippen LogP contribution is -2.34. The maximum atomic E-state index is 12.8. The second-order valence-corrected chi connectivity index (χ2v) is 7.22. The molecule has 1 saturated carbocycles. The molecule has 1 fully saturated rings. The van der Waals surface area contributed by atoms with Crippen molar-refractivity contribution < 1.29 is 12.8 Å². The van der Waals surface area contributed by atoms with Crippen LogP contribution in [0.3, 0.4) is 0 Å². The minimum absolute atomic E-state index is 0.189. The van der Waals surface area contributed by atoms with E-state index >= 15 is 0 Å². The summed E-state index contributed by atoms with van der Waals surface area (Å²) in [6, 6.07) is 1.84. The van der Waals surface area contributed by atoms with Crippen molar-refractivity contribution in [1.82, 2.24) is 9.62 Å². The average molecular weight is 300 g/mol. The highest BCUT2D eigenvalue weighted by atomic mass is 32.2. The fourth-order valence-corrected chi connectivity index (χ4v) is 4.25. The van der Waals surface area contributed by atoms with Crippen LogP contribution in [0.4, 0.5) is 0 Å². The van der Waals surface area contributed by atoms with Crippen LogP contribution in [0.15, 0.2) is 15.4 Å². The number of aryl methyl sites for hydroxylation is 1. The zero-order chi connectivity index (χ0) is 14.8. The number of sulfonamides is 1. The van der Waals surface area contributed by atoms with Crippen LogP contribution < -0.4 is 5.32 Å². The van der Waals surface area contributed by atoms with Gasteiger partial charge >= 0.3 is 0 Å². The fourth-order valence-electron chi connectivity index (χ4n) is 2.34. The summed E-state index contributed by atoms with van der Waals surface area (Å²) in [4.78, 5) is 0.325. The molecule has 1 heterocycles. The first-order valence-electron chi connectivity index (χ1n) is 7.26. The number of rotatable bonds is 8. The van der Waals surface area contributed by atoms with E-state index in [1.54, 1.807) is 17.3 Å². The van der Waals surface area contributed by atoms with E-state index in [4.69, 9.17) is 4.42 Å². The van der Waals surface area contributed by atoms with E-state index in [1.807, 2.05) is 7.05 Å². The van der Waals surface area contributed by atoms with Gasteiger partial charge in [-0.2, -0.15) is 4.31 Å². The Morgan fingerprint density at radius 3 is 2.70 bits per heavy atom. The van der Waals surface area contributed by atoms with Crippen LogP contribution in [-0.2, 0) is 16.6 Å². The summed E-state index contributed by atoms with van der Waals surface area (Å²) in [7, 11) is -1.62. The third kappa shape index (κ3) is 3.24. The van der Waals surface area contributed by atoms with Gasteiger partial charge in [-0.3, -0.25) is 0 Å². The molecule has 1 N–H and O–H groups in total. The van der Waals surface area contributed by atoms with E-state index in [9.17, 15) is 8.42 Å². The monoisotopic (exact) mass is 300 g/mol. The summed E-state index contributed by atoms with van der Waals surface area (Å²) in [6.45, 7) is 4.94. The van der Waals surface area contributed by atoms with Gasteiger partial charge in [-0.05, 0) is 33.2 Å². The van der Waals surface area contributed by atoms with E-state index in [1.165, 1.54) is 0 Å². The number of hydrogen-bond acceptors (Lipinski definition) is 4. The maximum Gasteiger partial charge on any atom is 0.246 e. The Balaban J connectivity index is 2.27. The van der Waals surface area contributed by atoms with Crippen LogP contribution in [0.1, 0.15) is 44.1 Å². The molecule has 0 saturated heterocycles. The number of hydrogen-bond donors (Lipinski definition) is 1. The Labute approximate surface area is 121 Å². The summed E-state index contributed by atoms with van der Waals surface area (Å²) < 4.78 is 32.8. The molecule has 114 valence electrons. The fraction of sp³-hybridized carbons (Fsp3) is 0.714. The Kier molecular flexibility index (Phi) is 4.88. The number of nitrogens with zero attached hydrogens (tertiary/aromatic N) is 1. The third-order valence-corrected chi connectivity index (χ3v) is 5.61. The Hall–Kier alpha value is -0.850. The minimum atomic E-state index is -3.43. The molecule has 0 amide bonds. The predicted octanol–water partition coefficient (Wildman–Crippen LogP) is 2.26. The molecule has 20 heavy (non-hydrogen) atoms. The van der Waals surface area contributed by atoms with E-state index < -0.39 is 10.0 Å². The molecule has 1 aromatic rings. The normalized spacial score (nSPS) is 16.0. The van der Waals surface area contributed by atoms with Gasteiger partial charge in [0.15, 0.2) is 0 Å². The zero-order valence-corrected chi connectivity index (χ0v) is 13.3. The minimum Gasteiger partial charge on any atom is -0.464 e. The molecule has 1 aromatic heterocycles. The molecule has 0 spiro atoms. The first-order valence-corrected chi connectivity index (χ1v) is 8.70. The van der Waals surface area contributed by atoms with Crippen molar-refractivity contribution in [2.75, 3.05) is 13.6 Å². The van der Waals surface area contributed by atoms with Crippen molar-refractivity contribution in [1.29, 1.82) is 0 Å². The smallest absolute Gasteiger partial charge is 0.246 e. The summed E-state index contributed by atoms with van der Waals surface area (Å²) in [5.41, 5.74) is 0. The van der Waals surface area contributed by atoms with Crippen LogP contribution >= 0.6 is 0 Å². The largest absolute Gasteiger partial charge is 0.464 e. The summed E-state index contributed by atoms with van der Waals surface area (Å²) in [5, 5.41) is 2.97. The second-order valence-electron chi connectivity index (χ2n) is 5.36. The number of unbranched alkanes of at least 4 members (excludes halogenated alkanes) is 1. The van der Waals surface area contributed by atoms with Gasteiger partial charge in [-0.25, -0.2) is 8.42 Å². The number of nitrogens with one attached hydrogen (secondary N) is 1. The van der Waals surface area contributed by atoms with Crippen molar-refractivity contribution >= 4 is 10.0 Å². The average Bonchev–Trinajstić information content (AvgIpc) is 3.14. The molecule has 1 aliphatic rings. The lowest BCUT2D eigenvalue weighted by molar-refractivity contribution is 0.393. The van der Waals surface area contributed by atoms with Crippen molar-refractivity contribution in [3.63, 3.8) is 0 Å². The van der Waals surface area contributed by atoms with E-state index in [0.29, 0.717) is 29.5 Å². The highest BCUT2D eigenvalue weighted by Crippen LogP contribution is 2.34. The van der Waals surface area contributed by atoms with Crippen molar-refractivity contribution in [2.24, 2.45) is 0 Å². The standard InChI is InChI=1S/C14H24N2O3S/c1-4-5-8-16(12-6-7-12)20(17,18)14-9-13(10-15-3)19-11(14)2/h9,12,15H,4-8,10H2,1-3H3. The van der Waals surface area contributed by atoms with Gasteiger partial charge in [0.2, 0.25) is 10.0 Å². The van der Waals surface area contributed by atoms with Gasteiger partial charge in [0, 0.05) is 18.7 Å². The molecular formula is C14H24N2O3S. The van der Waals surface area contributed by atoms with Gasteiger partial charge < -0.3 is 9.73 Å². The maximum absolute atomic E-state index is 12.8. The molecular weight excluding hydrogens is 276 g/mol. The van der Waals surface area contributed by atoms with Gasteiger partial charge in [0.05, 0.1) is 6.54 Å². The molecule has 0 aliphatic heterocycles. The molecule has 0 radical (unpaired) electrons. The highest BCUT2D eigenvalue weighted by molar-refractivity contribution is 7.89. The zero-order valence-electron chi connectivity index (χ0n) is 12.5. The molecule has 6 heteroatoms. The Morgan fingerprint density at radius 1 is 1.45 bits per heavy atom. The van der Waals surface area contributed by atoms with Crippen molar-refractivity contribution in [3.05, 3.63) is 17.6 Å². The lowest BCUT2D eigenvalue weighted by atomic mass is 10.3. The Morgan fingerprint density at radius 2 is 2.15 bits per heavy atom. The summed E-state index contributed by atoms with van der Waals surface area (Å²) in [6.07, 6.45) is 3.84. The predicted molar refractivity (Wildman–Crippen MR) is 78.0 cm³/mol. The van der Waals surface area contributed by atoms with Gasteiger partial charge in [-0.15, -0.1) is 0 Å². The van der Waals surface area contributed by atoms with E-state index in [-0.39, 0.29) is 6.04 Å². The molecule has 2 rings (SSSR count). The number of furan rings is 1. The molecule has 0 unspecified atom stereocenters. The van der Waals surface area contributed by atoms with Crippen LogP contribution in [0, 0.1) is 6.92 Å². The van der Waals surface area contributed by atoms with Gasteiger partial charge in [-0.1, -0.05) is 13.3 Å². The van der Waals surface area contributed by atoms with E-state index in [2.05, 4.69) is 12.2 Å². The van der Waals surface area contributed by atoms with Gasteiger partial charge in [0.1, 0.15) is 16.4 Å². The molecule has 0 bridgehead atoms. The Bertz CT molecular complexity index is 547. The molecule has 1 aliphatic carbocycles. The van der Waals surface area contributed by atoms with Crippen molar-refractivity contribution in [2.45, 2.75) is 57.0 Å². The first-order chi connectivity index (χ1) is 9.50. The molecule has 0 atom stereocenters. The summed E-state index contributed by atoms with van der Waals surface area (Å²) >= 11 is 0. The molecule has 0 aromatic carbocycles. The first kappa shape index (κ1) is 15.5. The van der Waals surface area contributed by atoms with Crippen LogP contribution in [-0.4, -0.2) is 32.4 Å². The van der Waals surface area contributed by atoms with E-state index in [0.717, 1.165) is 25.7 Å². The second kappa shape index (κ2) is 6.28. The summed E-state index contributed by atoms with van der Waals surface area (Å²) in [5.74, 6) is 1.15. The molecule has 5 nitrogen and oxygen atoms in total. The van der Waals surface area contributed by atoms with Crippen LogP contribution in [0.25, 0.3) is 0 Å². The van der Waals surface area contributed by atoms with Gasteiger partial charge in [0.25, 0.3) is 0 Å². The quantitative estimate of drug-likeness (QED) is 0.800.